The zero-order chi connectivity index (χ0) is 14.9. The van der Waals surface area contributed by atoms with Gasteiger partial charge in [-0.25, -0.2) is 4.98 Å². The lowest BCUT2D eigenvalue weighted by atomic mass is 10.3. The largest absolute Gasteiger partial charge is 0.446 e. The Morgan fingerprint density at radius 3 is 2.25 bits per heavy atom. The van der Waals surface area contributed by atoms with Gasteiger partial charge in [-0.15, -0.1) is 0 Å². The molecular weight excluding hydrogens is 360 g/mol. The minimum absolute atomic E-state index is 0.149. The van der Waals surface area contributed by atoms with Crippen LogP contribution in [0.4, 0.5) is 19.0 Å². The molecule has 0 amide bonds. The molecule has 10 heteroatoms. The second-order valence-corrected chi connectivity index (χ2v) is 6.02. The lowest BCUT2D eigenvalue weighted by Gasteiger charge is -2.29. The van der Waals surface area contributed by atoms with E-state index in [9.17, 15) is 13.2 Å². The van der Waals surface area contributed by atoms with E-state index in [0.717, 1.165) is 0 Å². The van der Waals surface area contributed by atoms with Gasteiger partial charge in [-0.2, -0.15) is 13.2 Å². The molecule has 0 atom stereocenters. The summed E-state index contributed by atoms with van der Waals surface area (Å²) < 4.78 is 42.8. The van der Waals surface area contributed by atoms with Gasteiger partial charge in [0.25, 0.3) is 0 Å². The Bertz CT molecular complexity index is 510. The predicted octanol–water partition coefficient (Wildman–Crippen LogP) is 4.49. The number of halogens is 6. The number of anilines is 1. The quantitative estimate of drug-likeness (QED) is 0.568. The smallest absolute Gasteiger partial charge is 0.378 e. The number of aromatic nitrogens is 1. The molecule has 0 N–H and O–H groups in total. The van der Waals surface area contributed by atoms with E-state index in [4.69, 9.17) is 39.5 Å². The van der Waals surface area contributed by atoms with Gasteiger partial charge in [0.1, 0.15) is 0 Å². The standard InChI is InChI=1S/C10H8Cl3F3N2OS/c11-5-7(20-10(14,15)16)6(12)9(17-8(5)13)18-1-3-19-4-2-18/h1-4H2. The Balaban J connectivity index is 2.43. The van der Waals surface area contributed by atoms with E-state index >= 15 is 0 Å². The molecule has 0 radical (unpaired) electrons. The van der Waals surface area contributed by atoms with E-state index in [1.807, 2.05) is 0 Å². The summed E-state index contributed by atoms with van der Waals surface area (Å²) in [6.45, 7) is 1.83. The minimum Gasteiger partial charge on any atom is -0.378 e. The van der Waals surface area contributed by atoms with Crippen LogP contribution in [0, 0.1) is 0 Å². The zero-order valence-electron chi connectivity index (χ0n) is 9.81. The highest BCUT2D eigenvalue weighted by Gasteiger charge is 2.34. The Labute approximate surface area is 132 Å². The van der Waals surface area contributed by atoms with E-state index < -0.39 is 17.3 Å². The molecular formula is C10H8Cl3F3N2OS. The molecule has 0 aromatic carbocycles. The molecule has 1 saturated heterocycles. The van der Waals surface area contributed by atoms with Crippen molar-refractivity contribution in [2.75, 3.05) is 31.2 Å². The Hall–Kier alpha value is -0.0800. The molecule has 0 bridgehead atoms. The minimum atomic E-state index is -4.51. The number of thioether (sulfide) groups is 1. The van der Waals surface area contributed by atoms with Crippen molar-refractivity contribution in [3.63, 3.8) is 0 Å². The number of ether oxygens (including phenoxy) is 1. The Morgan fingerprint density at radius 2 is 1.70 bits per heavy atom. The first-order valence-electron chi connectivity index (χ1n) is 5.42. The molecule has 0 spiro atoms. The third-order valence-electron chi connectivity index (χ3n) is 2.51. The fourth-order valence-electron chi connectivity index (χ4n) is 1.67. The van der Waals surface area contributed by atoms with Crippen LogP contribution in [-0.2, 0) is 4.74 Å². The average Bonchev–Trinajstić information content (AvgIpc) is 2.39. The summed E-state index contributed by atoms with van der Waals surface area (Å²) in [5, 5.41) is -0.649. The molecule has 20 heavy (non-hydrogen) atoms. The zero-order valence-corrected chi connectivity index (χ0v) is 12.9. The highest BCUT2D eigenvalue weighted by molar-refractivity contribution is 8.00. The van der Waals surface area contributed by atoms with Crippen LogP contribution in [0.3, 0.4) is 0 Å². The molecule has 1 aromatic rings. The van der Waals surface area contributed by atoms with E-state index in [0.29, 0.717) is 26.3 Å². The first kappa shape index (κ1) is 16.3. The second kappa shape index (κ2) is 6.36. The van der Waals surface area contributed by atoms with Gasteiger partial charge in [-0.1, -0.05) is 34.8 Å². The van der Waals surface area contributed by atoms with Crippen LogP contribution in [0.2, 0.25) is 15.2 Å². The first-order chi connectivity index (χ1) is 9.29. The maximum atomic E-state index is 12.6. The van der Waals surface area contributed by atoms with Gasteiger partial charge in [-0.05, 0) is 11.8 Å². The normalized spacial score (nSPS) is 16.6. The molecule has 3 nitrogen and oxygen atoms in total. The average molecular weight is 368 g/mol. The van der Waals surface area contributed by atoms with E-state index in [2.05, 4.69) is 4.98 Å². The molecule has 1 aliphatic rings. The van der Waals surface area contributed by atoms with E-state index in [1.54, 1.807) is 4.90 Å². The van der Waals surface area contributed by atoms with Crippen molar-refractivity contribution >= 4 is 52.4 Å². The first-order valence-corrected chi connectivity index (χ1v) is 7.37. The molecule has 0 unspecified atom stereocenters. The molecule has 0 saturated carbocycles. The van der Waals surface area contributed by atoms with E-state index in [-0.39, 0.29) is 25.9 Å². The van der Waals surface area contributed by atoms with Crippen molar-refractivity contribution in [3.8, 4) is 0 Å². The van der Waals surface area contributed by atoms with Gasteiger partial charge in [0.05, 0.1) is 28.2 Å². The molecule has 1 aliphatic heterocycles. The molecule has 0 aliphatic carbocycles. The Morgan fingerprint density at radius 1 is 1.10 bits per heavy atom. The van der Waals surface area contributed by atoms with Crippen LogP contribution in [0.15, 0.2) is 4.90 Å². The number of rotatable bonds is 2. The van der Waals surface area contributed by atoms with Crippen molar-refractivity contribution in [1.82, 2.24) is 4.98 Å². The number of alkyl halides is 3. The van der Waals surface area contributed by atoms with E-state index in [1.165, 1.54) is 0 Å². The van der Waals surface area contributed by atoms with Gasteiger partial charge in [-0.3, -0.25) is 0 Å². The number of hydrogen-bond donors (Lipinski definition) is 0. The van der Waals surface area contributed by atoms with Crippen LogP contribution < -0.4 is 4.90 Å². The molecule has 1 aromatic heterocycles. The third-order valence-corrected chi connectivity index (χ3v) is 4.67. The van der Waals surface area contributed by atoms with Gasteiger partial charge >= 0.3 is 5.51 Å². The highest BCUT2D eigenvalue weighted by atomic mass is 35.5. The topological polar surface area (TPSA) is 25.4 Å². The summed E-state index contributed by atoms with van der Waals surface area (Å²) in [6.07, 6.45) is 0. The van der Waals surface area contributed by atoms with Crippen molar-refractivity contribution in [3.05, 3.63) is 15.2 Å². The highest BCUT2D eigenvalue weighted by Crippen LogP contribution is 2.48. The lowest BCUT2D eigenvalue weighted by molar-refractivity contribution is -0.0328. The van der Waals surface area contributed by atoms with Crippen LogP contribution in [0.25, 0.3) is 0 Å². The summed E-state index contributed by atoms with van der Waals surface area (Å²) in [6, 6.07) is 0. The van der Waals surface area contributed by atoms with Gasteiger partial charge in [0, 0.05) is 13.1 Å². The van der Waals surface area contributed by atoms with Crippen LogP contribution in [0.1, 0.15) is 0 Å². The number of nitrogens with zero attached hydrogens (tertiary/aromatic N) is 2. The predicted molar refractivity (Wildman–Crippen MR) is 74.2 cm³/mol. The number of pyridine rings is 1. The fourth-order valence-corrected chi connectivity index (χ4v) is 3.17. The summed E-state index contributed by atoms with van der Waals surface area (Å²) in [4.78, 5) is 5.36. The summed E-state index contributed by atoms with van der Waals surface area (Å²) in [5.74, 6) is 0.191. The SMILES string of the molecule is FC(F)(F)Sc1c(Cl)c(Cl)nc(N2CCOCC2)c1Cl. The maximum Gasteiger partial charge on any atom is 0.446 e. The summed E-state index contributed by atoms with van der Waals surface area (Å²) in [7, 11) is 0. The number of hydrogen-bond acceptors (Lipinski definition) is 4. The van der Waals surface area contributed by atoms with Gasteiger partial charge in [0.15, 0.2) is 11.0 Å². The van der Waals surface area contributed by atoms with Crippen molar-refractivity contribution in [1.29, 1.82) is 0 Å². The lowest BCUT2D eigenvalue weighted by Crippen LogP contribution is -2.37. The fraction of sp³-hybridized carbons (Fsp3) is 0.500. The van der Waals surface area contributed by atoms with Crippen molar-refractivity contribution in [2.45, 2.75) is 10.4 Å². The third kappa shape index (κ3) is 3.76. The second-order valence-electron chi connectivity index (χ2n) is 3.83. The monoisotopic (exact) mass is 366 g/mol. The molecule has 112 valence electrons. The van der Waals surface area contributed by atoms with Crippen LogP contribution in [0.5, 0.6) is 0 Å². The molecule has 2 rings (SSSR count). The molecule has 1 fully saturated rings. The maximum absolute atomic E-state index is 12.6. The van der Waals surface area contributed by atoms with Crippen molar-refractivity contribution < 1.29 is 17.9 Å². The summed E-state index contributed by atoms with van der Waals surface area (Å²) in [5.41, 5.74) is -4.51. The summed E-state index contributed by atoms with van der Waals surface area (Å²) >= 11 is 17.2. The van der Waals surface area contributed by atoms with Crippen molar-refractivity contribution in [2.24, 2.45) is 0 Å². The number of morpholine rings is 1. The van der Waals surface area contributed by atoms with Crippen LogP contribution in [-0.4, -0.2) is 36.8 Å². The molecule has 2 heterocycles. The van der Waals surface area contributed by atoms with Gasteiger partial charge < -0.3 is 9.64 Å². The van der Waals surface area contributed by atoms with Gasteiger partial charge in [0.2, 0.25) is 0 Å². The Kier molecular flexibility index (Phi) is 5.18. The van der Waals surface area contributed by atoms with Crippen LogP contribution >= 0.6 is 46.6 Å².